The Labute approximate surface area is 508 Å². The van der Waals surface area contributed by atoms with Crippen LogP contribution in [0.25, 0.3) is 0 Å². The molecule has 85 heavy (non-hydrogen) atoms. The highest BCUT2D eigenvalue weighted by molar-refractivity contribution is 6.00. The number of nitrogens with one attached hydrogen (secondary N) is 4. The molecule has 14 atom stereocenters. The van der Waals surface area contributed by atoms with E-state index in [0.717, 1.165) is 0 Å². The van der Waals surface area contributed by atoms with Crippen LogP contribution in [0.2, 0.25) is 0 Å². The number of nitrogens with zero attached hydrogens (tertiary/aromatic N) is 7. The number of hydrogen-bond acceptors (Lipinski definition) is 12. The monoisotopic (exact) mass is 1200 g/mol. The topological polar surface area (TPSA) is 268 Å². The first-order chi connectivity index (χ1) is 39.2. The molecule has 486 valence electrons. The summed E-state index contributed by atoms with van der Waals surface area (Å²) < 4.78 is 6.38. The van der Waals surface area contributed by atoms with Crippen molar-refractivity contribution in [1.82, 2.24) is 55.6 Å². The fraction of sp³-hybridized carbons (Fsp3) is 0.823. The number of carbonyl (C=O) groups excluding carboxylic acids is 11. The van der Waals surface area contributed by atoms with Crippen LogP contribution in [0, 0.1) is 41.4 Å². The first-order valence-corrected chi connectivity index (χ1v) is 30.9. The molecule has 0 saturated carbocycles. The van der Waals surface area contributed by atoms with Crippen LogP contribution in [0.15, 0.2) is 0 Å². The molecule has 11 amide bonds. The Morgan fingerprint density at radius 3 is 1.25 bits per heavy atom. The van der Waals surface area contributed by atoms with Crippen LogP contribution in [0.3, 0.4) is 0 Å². The predicted octanol–water partition coefficient (Wildman–Crippen LogP) is 3.51. The highest BCUT2D eigenvalue weighted by atomic mass is 16.5. The summed E-state index contributed by atoms with van der Waals surface area (Å²) in [5, 5.41) is 11.2. The third-order valence-corrected chi connectivity index (χ3v) is 16.9. The Morgan fingerprint density at radius 1 is 0.412 bits per heavy atom. The second-order valence-corrected chi connectivity index (χ2v) is 26.8. The highest BCUT2D eigenvalue weighted by Crippen LogP contribution is 2.32. The van der Waals surface area contributed by atoms with Crippen LogP contribution in [0.1, 0.15) is 163 Å². The first-order valence-electron chi connectivity index (χ1n) is 30.9. The van der Waals surface area contributed by atoms with Crippen molar-refractivity contribution in [1.29, 1.82) is 0 Å². The normalized spacial score (nSPS) is 30.5. The summed E-state index contributed by atoms with van der Waals surface area (Å²) in [7, 11) is 10.2. The van der Waals surface area contributed by atoms with Crippen LogP contribution >= 0.6 is 0 Å². The number of rotatable bonds is 12. The molecule has 0 bridgehead atoms. The largest absolute Gasteiger partial charge is 0.372 e. The molecule has 2 saturated heterocycles. The van der Waals surface area contributed by atoms with Gasteiger partial charge in [-0.3, -0.25) is 52.7 Å². The maximum absolute atomic E-state index is 15.2. The average molecular weight is 1200 g/mol. The Kier molecular flexibility index (Phi) is 29.0. The van der Waals surface area contributed by atoms with Crippen molar-refractivity contribution in [3.05, 3.63) is 0 Å². The van der Waals surface area contributed by atoms with E-state index in [4.69, 9.17) is 4.74 Å². The number of ether oxygens (including phenoxy) is 1. The zero-order valence-electron chi connectivity index (χ0n) is 56.3. The van der Waals surface area contributed by atoms with Crippen LogP contribution in [-0.4, -0.2) is 227 Å². The number of likely N-dealkylation sites (N-methyl/N-ethyl adjacent to an activating group) is 7. The molecule has 2 aliphatic rings. The predicted molar refractivity (Wildman–Crippen MR) is 327 cm³/mol. The lowest BCUT2D eigenvalue weighted by molar-refractivity contribution is -0.158. The van der Waals surface area contributed by atoms with Gasteiger partial charge in [-0.05, 0) is 108 Å². The maximum Gasteiger partial charge on any atom is 0.246 e. The fourth-order valence-electron chi connectivity index (χ4n) is 11.6. The fourth-order valence-corrected chi connectivity index (χ4v) is 11.6. The lowest BCUT2D eigenvalue weighted by atomic mass is 9.92. The zero-order chi connectivity index (χ0) is 65.7. The van der Waals surface area contributed by atoms with Gasteiger partial charge in [0, 0.05) is 49.3 Å². The van der Waals surface area contributed by atoms with Gasteiger partial charge in [0.25, 0.3) is 0 Å². The van der Waals surface area contributed by atoms with Gasteiger partial charge in [0.05, 0.1) is 12.2 Å². The highest BCUT2D eigenvalue weighted by Gasteiger charge is 2.48. The smallest absolute Gasteiger partial charge is 0.246 e. The van der Waals surface area contributed by atoms with Gasteiger partial charge in [-0.2, -0.15) is 0 Å². The van der Waals surface area contributed by atoms with Crippen LogP contribution in [0.5, 0.6) is 0 Å². The van der Waals surface area contributed by atoms with Gasteiger partial charge in [0.15, 0.2) is 0 Å². The summed E-state index contributed by atoms with van der Waals surface area (Å²) >= 11 is 0. The van der Waals surface area contributed by atoms with Crippen LogP contribution < -0.4 is 21.3 Å². The van der Waals surface area contributed by atoms with E-state index in [1.807, 2.05) is 69.2 Å². The molecule has 0 radical (unpaired) electrons. The Morgan fingerprint density at radius 2 is 0.824 bits per heavy atom. The summed E-state index contributed by atoms with van der Waals surface area (Å²) in [5.41, 5.74) is 0. The van der Waals surface area contributed by atoms with E-state index in [2.05, 4.69) is 21.3 Å². The lowest BCUT2D eigenvalue weighted by Gasteiger charge is -2.41. The Bertz CT molecular complexity index is 2350. The van der Waals surface area contributed by atoms with E-state index in [1.54, 1.807) is 34.6 Å². The summed E-state index contributed by atoms with van der Waals surface area (Å²) in [6, 6.07) is -12.9. The van der Waals surface area contributed by atoms with Crippen molar-refractivity contribution in [2.75, 3.05) is 49.3 Å². The van der Waals surface area contributed by atoms with Crippen LogP contribution in [0.4, 0.5) is 0 Å². The van der Waals surface area contributed by atoms with E-state index >= 15 is 9.59 Å². The van der Waals surface area contributed by atoms with Gasteiger partial charge < -0.3 is 60.3 Å². The molecule has 2 aliphatic heterocycles. The summed E-state index contributed by atoms with van der Waals surface area (Å²) in [4.78, 5) is 170. The summed E-state index contributed by atoms with van der Waals surface area (Å²) in [5.74, 6) is -8.68. The molecule has 0 aromatic rings. The number of amides is 11. The quantitative estimate of drug-likeness (QED) is 0.219. The molecule has 2 heterocycles. The molecular weight excluding hydrogens is 1090 g/mol. The van der Waals surface area contributed by atoms with Gasteiger partial charge in [-0.15, -0.1) is 0 Å². The minimum atomic E-state index is -1.31. The zero-order valence-corrected chi connectivity index (χ0v) is 56.3. The molecule has 2 unspecified atom stereocenters. The molecule has 23 heteroatoms. The molecule has 2 rings (SSSR count). The van der Waals surface area contributed by atoms with Crippen molar-refractivity contribution in [3.63, 3.8) is 0 Å². The minimum Gasteiger partial charge on any atom is -0.372 e. The van der Waals surface area contributed by atoms with Crippen molar-refractivity contribution in [2.45, 2.75) is 242 Å². The van der Waals surface area contributed by atoms with E-state index in [0.29, 0.717) is 6.42 Å². The van der Waals surface area contributed by atoms with E-state index < -0.39 is 149 Å². The molecular formula is C62H111N11O12. The van der Waals surface area contributed by atoms with Crippen molar-refractivity contribution < 1.29 is 57.5 Å². The van der Waals surface area contributed by atoms with Crippen molar-refractivity contribution >= 4 is 65.0 Å². The second-order valence-electron chi connectivity index (χ2n) is 26.8. The minimum absolute atomic E-state index is 0.0784. The molecule has 4 N–H and O–H groups in total. The SMILES string of the molecule is CC[C@H]1NC(=O)[C@@H](C2OC(C)C[C@H]2C)N(C)C(=O)[C@@H](C(C)C)N(C)C(=O)[C@@H](CC(C)C)N(C)C(=O)[C@@H](CC(C)C)N(C)C(=O)[C@H](C)NC(=O)[C@@H](C)NC(=O)[C@@H](CC(C)C)N(C)C(=O)[C@@H](C(C)C)NC(=O)[C@H](CC(C)C)N(C)C(=O)[C@@H](C)N(C)C1=O. The van der Waals surface area contributed by atoms with Crippen molar-refractivity contribution in [2.24, 2.45) is 41.4 Å². The average Bonchev–Trinajstić information content (AvgIpc) is 4.05. The maximum atomic E-state index is 15.2. The molecule has 0 aromatic carbocycles. The van der Waals surface area contributed by atoms with Gasteiger partial charge >= 0.3 is 0 Å². The van der Waals surface area contributed by atoms with Gasteiger partial charge in [0.1, 0.15) is 66.5 Å². The van der Waals surface area contributed by atoms with Crippen molar-refractivity contribution in [3.8, 4) is 0 Å². The summed E-state index contributed by atoms with van der Waals surface area (Å²) in [6.45, 7) is 32.0. The number of hydrogen-bond donors (Lipinski definition) is 4. The van der Waals surface area contributed by atoms with E-state index in [-0.39, 0.29) is 67.8 Å². The summed E-state index contributed by atoms with van der Waals surface area (Å²) in [6.07, 6.45) is 0.209. The van der Waals surface area contributed by atoms with Crippen LogP contribution in [-0.2, 0) is 57.5 Å². The van der Waals surface area contributed by atoms with E-state index in [9.17, 15) is 43.2 Å². The Balaban J connectivity index is 2.97. The first kappa shape index (κ1) is 75.2. The van der Waals surface area contributed by atoms with E-state index in [1.165, 1.54) is 104 Å². The lowest BCUT2D eigenvalue weighted by Crippen LogP contribution is -2.63. The third kappa shape index (κ3) is 19.6. The Hall–Kier alpha value is -5.87. The van der Waals surface area contributed by atoms with Gasteiger partial charge in [0.2, 0.25) is 65.0 Å². The molecule has 0 aliphatic carbocycles. The second kappa shape index (κ2) is 32.8. The molecule has 2 fully saturated rings. The number of carbonyl (C=O) groups is 11. The molecule has 0 aromatic heterocycles. The van der Waals surface area contributed by atoms with Gasteiger partial charge in [-0.25, -0.2) is 0 Å². The third-order valence-electron chi connectivity index (χ3n) is 16.9. The molecule has 23 nitrogen and oxygen atoms in total. The van der Waals surface area contributed by atoms with Gasteiger partial charge in [-0.1, -0.05) is 96.9 Å². The molecule has 0 spiro atoms. The standard InChI is InChI=1S/C62H111N11O12/c1-26-43-58(80)67(19)42(18)57(79)68(20)45(28-33(4)5)54(76)66-48(36(10)11)61(83)69(21)44(27-32(2)3)53(75)63-40(16)52(74)64-41(17)56(78)70(22)46(29-34(6)7)59(81)71(23)47(30-35(8)9)60(82)72(24)49(37(12)13)62(84)73(25)50(55(77)65-43)51-38(14)31-39(15)85-51/h32-51H,26-31H2,1-25H3,(H,63,75)(H,64,74)(H,65,77)(H,66,76)/t38-,39?,40-,41+,42-,43-,44-,45+,46-,47-,48-,49-,50-,51?/m1/s1.